The fourth-order valence-electron chi connectivity index (χ4n) is 2.53. The number of nitrogens with zero attached hydrogens (tertiary/aromatic N) is 3. The number of ether oxygens (including phenoxy) is 1. The van der Waals surface area contributed by atoms with Gasteiger partial charge >= 0.3 is 0 Å². The molecule has 2 aromatic heterocycles. The quantitative estimate of drug-likeness (QED) is 0.792. The minimum Gasteiger partial charge on any atom is -0.494 e. The predicted octanol–water partition coefficient (Wildman–Crippen LogP) is 3.45. The van der Waals surface area contributed by atoms with Gasteiger partial charge in [0.25, 0.3) is 5.91 Å². The van der Waals surface area contributed by atoms with Crippen molar-refractivity contribution in [2.24, 2.45) is 0 Å². The molecule has 6 heteroatoms. The van der Waals surface area contributed by atoms with Gasteiger partial charge in [-0.1, -0.05) is 0 Å². The third-order valence-electron chi connectivity index (χ3n) is 4.09. The molecular weight excluding hydrogens is 316 g/mol. The molecule has 25 heavy (non-hydrogen) atoms. The van der Waals surface area contributed by atoms with Crippen LogP contribution < -0.4 is 10.1 Å². The second-order valence-electron chi connectivity index (χ2n) is 5.79. The summed E-state index contributed by atoms with van der Waals surface area (Å²) < 4.78 is 7.22. The first-order valence-electron chi connectivity index (χ1n) is 7.93. The topological polar surface area (TPSA) is 69.0 Å². The predicted molar refractivity (Wildman–Crippen MR) is 96.5 cm³/mol. The van der Waals surface area contributed by atoms with Crippen LogP contribution in [0.15, 0.2) is 42.7 Å². The van der Waals surface area contributed by atoms with Crippen molar-refractivity contribution < 1.29 is 9.53 Å². The molecule has 0 saturated carbocycles. The van der Waals surface area contributed by atoms with E-state index in [-0.39, 0.29) is 11.6 Å². The number of pyridine rings is 1. The summed E-state index contributed by atoms with van der Waals surface area (Å²) in [5, 5.41) is 2.85. The first-order chi connectivity index (χ1) is 12.0. The third-order valence-corrected chi connectivity index (χ3v) is 4.09. The number of methoxy groups -OCH3 is 1. The lowest BCUT2D eigenvalue weighted by Gasteiger charge is -2.10. The number of amides is 1. The van der Waals surface area contributed by atoms with Gasteiger partial charge in [-0.05, 0) is 57.2 Å². The van der Waals surface area contributed by atoms with Gasteiger partial charge in [-0.2, -0.15) is 0 Å². The summed E-state index contributed by atoms with van der Waals surface area (Å²) in [6.07, 6.45) is 1.79. The van der Waals surface area contributed by atoms with Gasteiger partial charge in [0, 0.05) is 22.8 Å². The highest BCUT2D eigenvalue weighted by molar-refractivity contribution is 6.04. The number of nitrogens with one attached hydrogen (secondary N) is 1. The van der Waals surface area contributed by atoms with Crippen LogP contribution in [0.2, 0.25) is 0 Å². The number of carbonyl (C=O) groups excluding carboxylic acids is 1. The van der Waals surface area contributed by atoms with E-state index >= 15 is 0 Å². The van der Waals surface area contributed by atoms with Crippen LogP contribution in [0, 0.1) is 20.8 Å². The number of aromatic nitrogens is 3. The molecular formula is C19H20N4O2. The van der Waals surface area contributed by atoms with E-state index in [1.165, 1.54) is 7.11 Å². The molecule has 0 aliphatic carbocycles. The number of imidazole rings is 1. The minimum absolute atomic E-state index is 0.271. The molecule has 0 atom stereocenters. The molecule has 0 bridgehead atoms. The summed E-state index contributed by atoms with van der Waals surface area (Å²) in [4.78, 5) is 21.1. The van der Waals surface area contributed by atoms with E-state index in [0.29, 0.717) is 11.4 Å². The second-order valence-corrected chi connectivity index (χ2v) is 5.79. The first kappa shape index (κ1) is 16.7. The molecule has 0 radical (unpaired) electrons. The Balaban J connectivity index is 1.81. The van der Waals surface area contributed by atoms with E-state index < -0.39 is 0 Å². The van der Waals surface area contributed by atoms with Crippen molar-refractivity contribution in [3.05, 3.63) is 65.5 Å². The molecule has 128 valence electrons. The molecule has 3 aromatic rings. The Bertz CT molecular complexity index is 914. The summed E-state index contributed by atoms with van der Waals surface area (Å²) in [5.74, 6) is 0.146. The van der Waals surface area contributed by atoms with E-state index in [1.54, 1.807) is 18.5 Å². The van der Waals surface area contributed by atoms with Crippen LogP contribution in [0.25, 0.3) is 5.69 Å². The van der Waals surface area contributed by atoms with Gasteiger partial charge in [0.15, 0.2) is 5.69 Å². The van der Waals surface area contributed by atoms with E-state index in [2.05, 4.69) is 15.3 Å². The number of aryl methyl sites for hydroxylation is 2. The van der Waals surface area contributed by atoms with Crippen molar-refractivity contribution in [3.63, 3.8) is 0 Å². The number of hydrogen-bond donors (Lipinski definition) is 1. The average molecular weight is 336 g/mol. The van der Waals surface area contributed by atoms with Gasteiger partial charge in [0.2, 0.25) is 0 Å². The summed E-state index contributed by atoms with van der Waals surface area (Å²) in [6, 6.07) is 11.1. The van der Waals surface area contributed by atoms with E-state index in [0.717, 1.165) is 22.8 Å². The SMILES string of the molecule is COc1ccc(C)nc1C(=O)Nc1ccc(-n2cnc(C)c2C)cc1. The van der Waals surface area contributed by atoms with Crippen molar-refractivity contribution in [1.82, 2.24) is 14.5 Å². The highest BCUT2D eigenvalue weighted by atomic mass is 16.5. The number of rotatable bonds is 4. The summed E-state index contributed by atoms with van der Waals surface area (Å²) >= 11 is 0. The fourth-order valence-corrected chi connectivity index (χ4v) is 2.53. The highest BCUT2D eigenvalue weighted by Gasteiger charge is 2.15. The van der Waals surface area contributed by atoms with Gasteiger partial charge in [-0.15, -0.1) is 0 Å². The number of anilines is 1. The smallest absolute Gasteiger partial charge is 0.278 e. The van der Waals surface area contributed by atoms with Gasteiger partial charge in [0.05, 0.1) is 19.1 Å². The molecule has 0 unspecified atom stereocenters. The van der Waals surface area contributed by atoms with E-state index in [1.807, 2.05) is 49.6 Å². The van der Waals surface area contributed by atoms with Crippen LogP contribution in [0.5, 0.6) is 5.75 Å². The molecule has 1 aromatic carbocycles. The molecule has 0 spiro atoms. The number of hydrogen-bond acceptors (Lipinski definition) is 4. The zero-order chi connectivity index (χ0) is 18.0. The maximum Gasteiger partial charge on any atom is 0.278 e. The van der Waals surface area contributed by atoms with Gasteiger partial charge < -0.3 is 14.6 Å². The summed E-state index contributed by atoms with van der Waals surface area (Å²) in [5.41, 5.74) is 4.79. The Morgan fingerprint density at radius 3 is 2.40 bits per heavy atom. The van der Waals surface area contributed by atoms with Crippen LogP contribution in [-0.2, 0) is 0 Å². The lowest BCUT2D eigenvalue weighted by atomic mass is 10.2. The molecule has 1 amide bonds. The lowest BCUT2D eigenvalue weighted by Crippen LogP contribution is -2.15. The van der Waals surface area contributed by atoms with Crippen LogP contribution in [-0.4, -0.2) is 27.6 Å². The van der Waals surface area contributed by atoms with E-state index in [9.17, 15) is 4.79 Å². The number of benzene rings is 1. The van der Waals surface area contributed by atoms with Crippen LogP contribution >= 0.6 is 0 Å². The zero-order valence-corrected chi connectivity index (χ0v) is 14.7. The van der Waals surface area contributed by atoms with Crippen molar-refractivity contribution in [2.75, 3.05) is 12.4 Å². The maximum atomic E-state index is 12.5. The van der Waals surface area contributed by atoms with Crippen molar-refractivity contribution in [1.29, 1.82) is 0 Å². The van der Waals surface area contributed by atoms with Crippen molar-refractivity contribution in [3.8, 4) is 11.4 Å². The standard InChI is InChI=1S/C19H20N4O2/c1-12-5-10-17(25-4)18(21-12)19(24)22-15-6-8-16(9-7-15)23-11-20-13(2)14(23)3/h5-11H,1-4H3,(H,22,24). The second kappa shape index (κ2) is 6.76. The minimum atomic E-state index is -0.303. The Labute approximate surface area is 146 Å². The molecule has 3 rings (SSSR count). The van der Waals surface area contributed by atoms with Gasteiger partial charge in [-0.3, -0.25) is 4.79 Å². The van der Waals surface area contributed by atoms with Crippen LogP contribution in [0.3, 0.4) is 0 Å². The Morgan fingerprint density at radius 1 is 1.08 bits per heavy atom. The average Bonchev–Trinajstić information content (AvgIpc) is 2.95. The molecule has 0 fully saturated rings. The van der Waals surface area contributed by atoms with Crippen molar-refractivity contribution >= 4 is 11.6 Å². The normalized spacial score (nSPS) is 10.6. The highest BCUT2D eigenvalue weighted by Crippen LogP contribution is 2.20. The Kier molecular flexibility index (Phi) is 4.52. The largest absolute Gasteiger partial charge is 0.494 e. The molecule has 1 N–H and O–H groups in total. The molecule has 6 nitrogen and oxygen atoms in total. The third kappa shape index (κ3) is 3.38. The molecule has 0 aliphatic rings. The van der Waals surface area contributed by atoms with Crippen LogP contribution in [0.1, 0.15) is 27.6 Å². The Morgan fingerprint density at radius 2 is 1.80 bits per heavy atom. The zero-order valence-electron chi connectivity index (χ0n) is 14.7. The van der Waals surface area contributed by atoms with Gasteiger partial charge in [0.1, 0.15) is 5.75 Å². The molecule has 0 saturated heterocycles. The van der Waals surface area contributed by atoms with Gasteiger partial charge in [-0.25, -0.2) is 9.97 Å². The van der Waals surface area contributed by atoms with Crippen LogP contribution in [0.4, 0.5) is 5.69 Å². The fraction of sp³-hybridized carbons (Fsp3) is 0.211. The molecule has 0 aliphatic heterocycles. The number of carbonyl (C=O) groups is 1. The summed E-state index contributed by atoms with van der Waals surface area (Å²) in [7, 11) is 1.52. The first-order valence-corrected chi connectivity index (χ1v) is 7.93. The maximum absolute atomic E-state index is 12.5. The monoisotopic (exact) mass is 336 g/mol. The Hall–Kier alpha value is -3.15. The lowest BCUT2D eigenvalue weighted by molar-refractivity contribution is 0.101. The molecule has 2 heterocycles. The summed E-state index contributed by atoms with van der Waals surface area (Å²) in [6.45, 7) is 5.83. The van der Waals surface area contributed by atoms with E-state index in [4.69, 9.17) is 4.74 Å². The van der Waals surface area contributed by atoms with Crippen molar-refractivity contribution in [2.45, 2.75) is 20.8 Å².